The van der Waals surface area contributed by atoms with Crippen molar-refractivity contribution in [3.63, 3.8) is 0 Å². The Balaban J connectivity index is 2.15. The Morgan fingerprint density at radius 2 is 2.14 bits per heavy atom. The van der Waals surface area contributed by atoms with Crippen molar-refractivity contribution in [3.8, 4) is 0 Å². The molecule has 1 heterocycles. The fourth-order valence-corrected chi connectivity index (χ4v) is 2.73. The Labute approximate surface area is 133 Å². The number of nitrogens with one attached hydrogen (secondary N) is 1. The number of likely N-dealkylation sites (tertiary alicyclic amines) is 1. The number of carbonyl (C=O) groups is 1. The number of piperidine rings is 1. The molecule has 0 aliphatic carbocycles. The summed E-state index contributed by atoms with van der Waals surface area (Å²) in [5.41, 5.74) is 2.91. The largest absolute Gasteiger partial charge is 0.391 e. The molecule has 1 amide bonds. The summed E-state index contributed by atoms with van der Waals surface area (Å²) in [7, 11) is 0. The number of hydrogen-bond donors (Lipinski definition) is 2. The molecular weight excluding hydrogens is 276 g/mol. The Morgan fingerprint density at radius 1 is 1.41 bits per heavy atom. The highest BCUT2D eigenvalue weighted by Gasteiger charge is 2.24. The van der Waals surface area contributed by atoms with Gasteiger partial charge in [-0.3, -0.25) is 4.79 Å². The molecule has 22 heavy (non-hydrogen) atoms. The highest BCUT2D eigenvalue weighted by molar-refractivity contribution is 5.97. The van der Waals surface area contributed by atoms with Crippen LogP contribution in [-0.4, -0.2) is 41.7 Å². The number of carbonyl (C=O) groups excluding carboxylic acids is 1. The summed E-state index contributed by atoms with van der Waals surface area (Å²) in [5.74, 6) is 0.0238. The van der Waals surface area contributed by atoms with E-state index in [1.165, 1.54) is 0 Å². The number of rotatable bonds is 3. The van der Waals surface area contributed by atoms with Crippen LogP contribution in [0.3, 0.4) is 0 Å². The van der Waals surface area contributed by atoms with Crippen molar-refractivity contribution in [3.05, 3.63) is 29.3 Å². The van der Waals surface area contributed by atoms with Crippen LogP contribution in [0, 0.1) is 12.3 Å². The van der Waals surface area contributed by atoms with Gasteiger partial charge in [0.25, 0.3) is 5.91 Å². The summed E-state index contributed by atoms with van der Waals surface area (Å²) in [6.07, 6.45) is 1.27. The lowest BCUT2D eigenvalue weighted by molar-refractivity contribution is 0.0473. The van der Waals surface area contributed by atoms with Crippen molar-refractivity contribution in [2.75, 3.05) is 25.0 Å². The SMILES string of the molecule is Cc1c(NCC(C)(C)C)cccc1C(=O)N1CCCC(O)C1. The van der Waals surface area contributed by atoms with Gasteiger partial charge in [0.2, 0.25) is 0 Å². The zero-order valence-corrected chi connectivity index (χ0v) is 14.1. The van der Waals surface area contributed by atoms with Crippen molar-refractivity contribution in [1.29, 1.82) is 0 Å². The average Bonchev–Trinajstić information content (AvgIpc) is 2.44. The first-order valence-corrected chi connectivity index (χ1v) is 8.09. The van der Waals surface area contributed by atoms with E-state index in [4.69, 9.17) is 0 Å². The Morgan fingerprint density at radius 3 is 2.77 bits per heavy atom. The van der Waals surface area contributed by atoms with Crippen LogP contribution in [0.4, 0.5) is 5.69 Å². The van der Waals surface area contributed by atoms with E-state index in [-0.39, 0.29) is 17.4 Å². The second-order valence-electron chi connectivity index (χ2n) is 7.44. The topological polar surface area (TPSA) is 52.6 Å². The number of benzene rings is 1. The molecule has 4 nitrogen and oxygen atoms in total. The quantitative estimate of drug-likeness (QED) is 0.902. The third kappa shape index (κ3) is 4.23. The van der Waals surface area contributed by atoms with Gasteiger partial charge in [0.15, 0.2) is 0 Å². The molecule has 2 rings (SSSR count). The van der Waals surface area contributed by atoms with E-state index in [0.29, 0.717) is 6.54 Å². The molecular formula is C18H28N2O2. The summed E-state index contributed by atoms with van der Waals surface area (Å²) >= 11 is 0. The predicted molar refractivity (Wildman–Crippen MR) is 90.3 cm³/mol. The highest BCUT2D eigenvalue weighted by atomic mass is 16.3. The van der Waals surface area contributed by atoms with E-state index in [1.54, 1.807) is 4.90 Å². The molecule has 122 valence electrons. The molecule has 1 aliphatic heterocycles. The normalized spacial score (nSPS) is 19.1. The van der Waals surface area contributed by atoms with E-state index in [9.17, 15) is 9.90 Å². The van der Waals surface area contributed by atoms with Gasteiger partial charge in [-0.15, -0.1) is 0 Å². The van der Waals surface area contributed by atoms with Gasteiger partial charge in [0.1, 0.15) is 0 Å². The molecule has 2 N–H and O–H groups in total. The maximum atomic E-state index is 12.7. The number of β-amino-alcohol motifs (C(OH)–C–C–N with tert-alkyl or cyclic N) is 1. The maximum Gasteiger partial charge on any atom is 0.254 e. The second-order valence-corrected chi connectivity index (χ2v) is 7.44. The summed E-state index contributed by atoms with van der Waals surface area (Å²) < 4.78 is 0. The Hall–Kier alpha value is -1.55. The fourth-order valence-electron chi connectivity index (χ4n) is 2.73. The van der Waals surface area contributed by atoms with Crippen molar-refractivity contribution < 1.29 is 9.90 Å². The zero-order chi connectivity index (χ0) is 16.3. The van der Waals surface area contributed by atoms with Gasteiger partial charge in [0.05, 0.1) is 6.10 Å². The van der Waals surface area contributed by atoms with Crippen LogP contribution < -0.4 is 5.32 Å². The van der Waals surface area contributed by atoms with Crippen molar-refractivity contribution >= 4 is 11.6 Å². The minimum absolute atomic E-state index is 0.0238. The molecule has 1 aliphatic rings. The number of hydrogen-bond acceptors (Lipinski definition) is 3. The number of nitrogens with zero attached hydrogens (tertiary/aromatic N) is 1. The molecule has 0 spiro atoms. The van der Waals surface area contributed by atoms with Crippen LogP contribution in [0.1, 0.15) is 49.5 Å². The van der Waals surface area contributed by atoms with Gasteiger partial charge in [-0.1, -0.05) is 26.8 Å². The molecule has 1 atom stereocenters. The Bertz CT molecular complexity index is 534. The molecule has 0 aromatic heterocycles. The monoisotopic (exact) mass is 304 g/mol. The lowest BCUT2D eigenvalue weighted by atomic mass is 9.96. The molecule has 0 bridgehead atoms. The first kappa shape index (κ1) is 16.8. The molecule has 0 saturated carbocycles. The summed E-state index contributed by atoms with van der Waals surface area (Å²) in [6, 6.07) is 5.81. The van der Waals surface area contributed by atoms with Crippen LogP contribution in [0.25, 0.3) is 0 Å². The second kappa shape index (κ2) is 6.69. The van der Waals surface area contributed by atoms with Crippen molar-refractivity contribution in [1.82, 2.24) is 4.90 Å². The minimum atomic E-state index is -0.389. The predicted octanol–water partition coefficient (Wildman–Crippen LogP) is 3.05. The smallest absolute Gasteiger partial charge is 0.254 e. The average molecular weight is 304 g/mol. The van der Waals surface area contributed by atoms with Crippen LogP contribution in [0.5, 0.6) is 0 Å². The zero-order valence-electron chi connectivity index (χ0n) is 14.1. The first-order chi connectivity index (χ1) is 10.3. The van der Waals surface area contributed by atoms with E-state index < -0.39 is 0 Å². The third-order valence-corrected chi connectivity index (χ3v) is 4.06. The summed E-state index contributed by atoms with van der Waals surface area (Å²) in [5, 5.41) is 13.2. The van der Waals surface area contributed by atoms with E-state index in [1.807, 2.05) is 25.1 Å². The lowest BCUT2D eigenvalue weighted by Crippen LogP contribution is -2.42. The number of anilines is 1. The minimum Gasteiger partial charge on any atom is -0.391 e. The van der Waals surface area contributed by atoms with Gasteiger partial charge in [-0.2, -0.15) is 0 Å². The summed E-state index contributed by atoms with van der Waals surface area (Å²) in [6.45, 7) is 10.6. The Kier molecular flexibility index (Phi) is 5.12. The van der Waals surface area contributed by atoms with Gasteiger partial charge >= 0.3 is 0 Å². The van der Waals surface area contributed by atoms with Crippen LogP contribution in [0.2, 0.25) is 0 Å². The van der Waals surface area contributed by atoms with E-state index in [2.05, 4.69) is 26.1 Å². The number of aliphatic hydroxyl groups is 1. The van der Waals surface area contributed by atoms with Crippen molar-refractivity contribution in [2.45, 2.75) is 46.6 Å². The molecule has 1 aromatic rings. The van der Waals surface area contributed by atoms with Crippen LogP contribution >= 0.6 is 0 Å². The van der Waals surface area contributed by atoms with Gasteiger partial charge in [-0.05, 0) is 42.9 Å². The highest BCUT2D eigenvalue weighted by Crippen LogP contribution is 2.23. The standard InChI is InChI=1S/C18H28N2O2/c1-13-15(17(22)20-10-6-7-14(21)11-20)8-5-9-16(13)19-12-18(2,3)4/h5,8-9,14,19,21H,6-7,10-12H2,1-4H3. The van der Waals surface area contributed by atoms with Crippen LogP contribution in [-0.2, 0) is 0 Å². The molecule has 1 fully saturated rings. The summed E-state index contributed by atoms with van der Waals surface area (Å²) in [4.78, 5) is 14.5. The number of aliphatic hydroxyl groups excluding tert-OH is 1. The van der Waals surface area contributed by atoms with E-state index >= 15 is 0 Å². The molecule has 0 radical (unpaired) electrons. The van der Waals surface area contributed by atoms with Gasteiger partial charge < -0.3 is 15.3 Å². The third-order valence-electron chi connectivity index (χ3n) is 4.06. The first-order valence-electron chi connectivity index (χ1n) is 8.09. The van der Waals surface area contributed by atoms with Gasteiger partial charge in [-0.25, -0.2) is 0 Å². The maximum absolute atomic E-state index is 12.7. The van der Waals surface area contributed by atoms with Crippen molar-refractivity contribution in [2.24, 2.45) is 5.41 Å². The van der Waals surface area contributed by atoms with Gasteiger partial charge in [0, 0.05) is 30.9 Å². The van der Waals surface area contributed by atoms with E-state index in [0.717, 1.165) is 42.7 Å². The molecule has 1 unspecified atom stereocenters. The fraction of sp³-hybridized carbons (Fsp3) is 0.611. The molecule has 1 aromatic carbocycles. The molecule has 4 heteroatoms. The number of amides is 1. The lowest BCUT2D eigenvalue weighted by Gasteiger charge is -2.31. The molecule has 1 saturated heterocycles. The van der Waals surface area contributed by atoms with Crippen LogP contribution in [0.15, 0.2) is 18.2 Å².